The van der Waals surface area contributed by atoms with Gasteiger partial charge < -0.3 is 9.52 Å². The van der Waals surface area contributed by atoms with E-state index in [4.69, 9.17) is 4.42 Å². The SMILES string of the molecule is O=[N+]([O-])c1ccc(/C=N\N(CCO)C2=NS(=O)(=O)c3ccccc32)o1. The molecule has 0 amide bonds. The van der Waals surface area contributed by atoms with Gasteiger partial charge in [0.15, 0.2) is 11.6 Å². The zero-order valence-corrected chi connectivity index (χ0v) is 13.5. The average Bonchev–Trinajstić information content (AvgIpc) is 3.15. The van der Waals surface area contributed by atoms with Crippen molar-refractivity contribution in [2.24, 2.45) is 9.50 Å². The fourth-order valence-electron chi connectivity index (χ4n) is 2.22. The molecule has 2 heterocycles. The van der Waals surface area contributed by atoms with Crippen LogP contribution in [0.5, 0.6) is 0 Å². The Labute approximate surface area is 141 Å². The third-order valence-electron chi connectivity index (χ3n) is 3.29. The molecule has 130 valence electrons. The van der Waals surface area contributed by atoms with Crippen molar-refractivity contribution >= 4 is 28.0 Å². The Bertz CT molecular complexity index is 979. The minimum atomic E-state index is -3.83. The maximum absolute atomic E-state index is 12.1. The van der Waals surface area contributed by atoms with Crippen molar-refractivity contribution in [3.63, 3.8) is 0 Å². The van der Waals surface area contributed by atoms with Gasteiger partial charge in [0.05, 0.1) is 25.4 Å². The molecule has 10 nitrogen and oxygen atoms in total. The van der Waals surface area contributed by atoms with Gasteiger partial charge in [-0.05, 0) is 18.2 Å². The molecule has 1 aliphatic rings. The molecule has 1 aliphatic heterocycles. The quantitative estimate of drug-likeness (QED) is 0.473. The Kier molecular flexibility index (Phi) is 4.33. The summed E-state index contributed by atoms with van der Waals surface area (Å²) in [6.45, 7) is -0.334. The first kappa shape index (κ1) is 16.8. The standard InChI is InChI=1S/C14H12N4O6S/c19-8-7-17(15-9-10-5-6-13(24-10)18(20)21)14-11-3-1-2-4-12(11)25(22,23)16-14/h1-6,9,19H,7-8H2/b15-9-. The van der Waals surface area contributed by atoms with Gasteiger partial charge >= 0.3 is 5.88 Å². The number of aliphatic hydroxyl groups excluding tert-OH is 1. The van der Waals surface area contributed by atoms with Gasteiger partial charge in [0, 0.05) is 5.56 Å². The molecule has 25 heavy (non-hydrogen) atoms. The molecule has 2 aromatic rings. The van der Waals surface area contributed by atoms with Gasteiger partial charge in [-0.15, -0.1) is 4.40 Å². The zero-order chi connectivity index (χ0) is 18.0. The van der Waals surface area contributed by atoms with Crippen LogP contribution < -0.4 is 0 Å². The normalized spacial score (nSPS) is 15.2. The summed E-state index contributed by atoms with van der Waals surface area (Å²) in [5, 5.41) is 25.1. The maximum Gasteiger partial charge on any atom is 0.433 e. The van der Waals surface area contributed by atoms with Crippen molar-refractivity contribution in [2.45, 2.75) is 4.90 Å². The summed E-state index contributed by atoms with van der Waals surface area (Å²) in [7, 11) is -3.83. The lowest BCUT2D eigenvalue weighted by atomic mass is 10.2. The van der Waals surface area contributed by atoms with Crippen LogP contribution in [0, 0.1) is 10.1 Å². The van der Waals surface area contributed by atoms with Crippen LogP contribution in [-0.4, -0.2) is 48.7 Å². The predicted octanol–water partition coefficient (Wildman–Crippen LogP) is 0.965. The van der Waals surface area contributed by atoms with E-state index in [-0.39, 0.29) is 29.6 Å². The smallest absolute Gasteiger partial charge is 0.400 e. The summed E-state index contributed by atoms with van der Waals surface area (Å²) in [5.74, 6) is -0.285. The molecule has 0 radical (unpaired) electrons. The van der Waals surface area contributed by atoms with Gasteiger partial charge in [0.2, 0.25) is 0 Å². The Balaban J connectivity index is 1.94. The minimum Gasteiger partial charge on any atom is -0.400 e. The number of furan rings is 1. The molecule has 0 saturated heterocycles. The molecular weight excluding hydrogens is 352 g/mol. The lowest BCUT2D eigenvalue weighted by Crippen LogP contribution is -2.28. The molecule has 3 rings (SSSR count). The number of sulfonamides is 1. The first-order valence-electron chi connectivity index (χ1n) is 7.03. The van der Waals surface area contributed by atoms with E-state index in [1.807, 2.05) is 0 Å². The fraction of sp³-hybridized carbons (Fsp3) is 0.143. The number of benzene rings is 1. The van der Waals surface area contributed by atoms with E-state index in [1.165, 1.54) is 29.4 Å². The number of aliphatic hydroxyl groups is 1. The van der Waals surface area contributed by atoms with Crippen LogP contribution in [0.4, 0.5) is 5.88 Å². The molecule has 1 aromatic carbocycles. The van der Waals surface area contributed by atoms with E-state index in [9.17, 15) is 23.6 Å². The molecule has 0 bridgehead atoms. The maximum atomic E-state index is 12.1. The molecule has 0 unspecified atom stereocenters. The van der Waals surface area contributed by atoms with E-state index in [0.29, 0.717) is 5.56 Å². The van der Waals surface area contributed by atoms with Crippen molar-refractivity contribution in [1.29, 1.82) is 0 Å². The third kappa shape index (κ3) is 3.27. The Morgan fingerprint density at radius 3 is 2.76 bits per heavy atom. The second kappa shape index (κ2) is 6.45. The summed E-state index contributed by atoms with van der Waals surface area (Å²) in [4.78, 5) is 9.98. The van der Waals surface area contributed by atoms with Crippen LogP contribution in [0.1, 0.15) is 11.3 Å². The molecule has 0 aliphatic carbocycles. The van der Waals surface area contributed by atoms with E-state index in [1.54, 1.807) is 18.2 Å². The summed E-state index contributed by atoms with van der Waals surface area (Å²) < 4.78 is 32.9. The molecular formula is C14H12N4O6S. The first-order chi connectivity index (χ1) is 11.9. The lowest BCUT2D eigenvalue weighted by Gasteiger charge is -2.17. The Morgan fingerprint density at radius 2 is 2.08 bits per heavy atom. The second-order valence-electron chi connectivity index (χ2n) is 4.91. The van der Waals surface area contributed by atoms with Gasteiger partial charge in [0.1, 0.15) is 9.82 Å². The first-order valence-corrected chi connectivity index (χ1v) is 8.47. The van der Waals surface area contributed by atoms with Gasteiger partial charge in [0.25, 0.3) is 10.0 Å². The molecule has 0 atom stereocenters. The van der Waals surface area contributed by atoms with Crippen molar-refractivity contribution in [3.05, 3.63) is 57.8 Å². The number of hydrogen-bond acceptors (Lipinski definition) is 8. The second-order valence-corrected chi connectivity index (χ2v) is 6.48. The van der Waals surface area contributed by atoms with Crippen molar-refractivity contribution in [3.8, 4) is 0 Å². The molecule has 1 aromatic heterocycles. The lowest BCUT2D eigenvalue weighted by molar-refractivity contribution is -0.402. The number of rotatable bonds is 5. The summed E-state index contributed by atoms with van der Waals surface area (Å²) in [6, 6.07) is 8.77. The number of fused-ring (bicyclic) bond motifs is 1. The number of hydrazone groups is 1. The highest BCUT2D eigenvalue weighted by Gasteiger charge is 2.31. The average molecular weight is 364 g/mol. The van der Waals surface area contributed by atoms with E-state index in [0.717, 1.165) is 0 Å². The number of nitro groups is 1. The van der Waals surface area contributed by atoms with Gasteiger partial charge in [-0.25, -0.2) is 5.01 Å². The molecule has 0 saturated carbocycles. The highest BCUT2D eigenvalue weighted by Crippen LogP contribution is 2.27. The highest BCUT2D eigenvalue weighted by atomic mass is 32.2. The van der Waals surface area contributed by atoms with Crippen LogP contribution in [0.2, 0.25) is 0 Å². The van der Waals surface area contributed by atoms with Gasteiger partial charge in [-0.3, -0.25) is 10.1 Å². The molecule has 0 fully saturated rings. The van der Waals surface area contributed by atoms with Crippen molar-refractivity contribution < 1.29 is 22.9 Å². The van der Waals surface area contributed by atoms with Gasteiger partial charge in [-0.2, -0.15) is 13.5 Å². The summed E-state index contributed by atoms with van der Waals surface area (Å²) in [5.41, 5.74) is 0.360. The molecule has 11 heteroatoms. The largest absolute Gasteiger partial charge is 0.433 e. The molecule has 1 N–H and O–H groups in total. The van der Waals surface area contributed by atoms with E-state index >= 15 is 0 Å². The van der Waals surface area contributed by atoms with Crippen molar-refractivity contribution in [2.75, 3.05) is 13.2 Å². The Morgan fingerprint density at radius 1 is 1.32 bits per heavy atom. The van der Waals surface area contributed by atoms with Crippen LogP contribution in [0.15, 0.2) is 55.2 Å². The van der Waals surface area contributed by atoms with E-state index in [2.05, 4.69) is 9.50 Å². The van der Waals surface area contributed by atoms with Crippen LogP contribution >= 0.6 is 0 Å². The third-order valence-corrected chi connectivity index (χ3v) is 4.61. The predicted molar refractivity (Wildman–Crippen MR) is 86.9 cm³/mol. The van der Waals surface area contributed by atoms with Crippen LogP contribution in [-0.2, 0) is 10.0 Å². The van der Waals surface area contributed by atoms with Crippen LogP contribution in [0.25, 0.3) is 0 Å². The number of amidine groups is 1. The summed E-state index contributed by atoms with van der Waals surface area (Å²) in [6.07, 6.45) is 1.18. The van der Waals surface area contributed by atoms with Crippen LogP contribution in [0.3, 0.4) is 0 Å². The zero-order valence-electron chi connectivity index (χ0n) is 12.6. The molecule has 0 spiro atoms. The monoisotopic (exact) mass is 364 g/mol. The summed E-state index contributed by atoms with van der Waals surface area (Å²) >= 11 is 0. The topological polar surface area (TPSA) is 139 Å². The van der Waals surface area contributed by atoms with Crippen molar-refractivity contribution in [1.82, 2.24) is 5.01 Å². The van der Waals surface area contributed by atoms with Gasteiger partial charge in [-0.1, -0.05) is 12.1 Å². The highest BCUT2D eigenvalue weighted by molar-refractivity contribution is 7.90. The number of nitrogens with zero attached hydrogens (tertiary/aromatic N) is 4. The minimum absolute atomic E-state index is 0.0258. The fourth-order valence-corrected chi connectivity index (χ4v) is 3.43. The number of hydrogen-bond donors (Lipinski definition) is 1. The van der Waals surface area contributed by atoms with E-state index < -0.39 is 20.8 Å². The Hall–Kier alpha value is -3.05.